The standard InChI is InChI=1S/C10H20O/c1-4-6-10(7-11-8-10)9(3)5-2/h9H,4-8H2,1-3H3. The Bertz CT molecular complexity index is 116. The second kappa shape index (κ2) is 3.57. The quantitative estimate of drug-likeness (QED) is 0.608. The van der Waals surface area contributed by atoms with Crippen molar-refractivity contribution in [3.05, 3.63) is 0 Å². The van der Waals surface area contributed by atoms with Crippen molar-refractivity contribution in [1.82, 2.24) is 0 Å². The highest BCUT2D eigenvalue weighted by Crippen LogP contribution is 2.41. The molecule has 1 aliphatic heterocycles. The van der Waals surface area contributed by atoms with Gasteiger partial charge in [-0.25, -0.2) is 0 Å². The van der Waals surface area contributed by atoms with Gasteiger partial charge >= 0.3 is 0 Å². The summed E-state index contributed by atoms with van der Waals surface area (Å²) < 4.78 is 5.31. The molecular formula is C10H20O. The summed E-state index contributed by atoms with van der Waals surface area (Å²) in [5, 5.41) is 0. The Labute approximate surface area is 70.1 Å². The summed E-state index contributed by atoms with van der Waals surface area (Å²) >= 11 is 0. The van der Waals surface area contributed by atoms with E-state index in [1.54, 1.807) is 0 Å². The van der Waals surface area contributed by atoms with Crippen LogP contribution in [0.2, 0.25) is 0 Å². The van der Waals surface area contributed by atoms with Crippen molar-refractivity contribution < 1.29 is 4.74 Å². The van der Waals surface area contributed by atoms with Gasteiger partial charge in [-0.2, -0.15) is 0 Å². The van der Waals surface area contributed by atoms with Gasteiger partial charge in [0.15, 0.2) is 0 Å². The van der Waals surface area contributed by atoms with E-state index in [4.69, 9.17) is 4.74 Å². The Morgan fingerprint density at radius 1 is 1.36 bits per heavy atom. The maximum absolute atomic E-state index is 5.31. The van der Waals surface area contributed by atoms with E-state index in [9.17, 15) is 0 Å². The lowest BCUT2D eigenvalue weighted by Gasteiger charge is -2.46. The molecule has 0 aromatic rings. The van der Waals surface area contributed by atoms with Gasteiger partial charge in [-0.15, -0.1) is 0 Å². The van der Waals surface area contributed by atoms with Crippen LogP contribution in [-0.4, -0.2) is 13.2 Å². The zero-order valence-corrected chi connectivity index (χ0v) is 8.02. The number of rotatable bonds is 4. The molecule has 1 rings (SSSR count). The van der Waals surface area contributed by atoms with Gasteiger partial charge in [0.2, 0.25) is 0 Å². The summed E-state index contributed by atoms with van der Waals surface area (Å²) in [6.45, 7) is 8.92. The molecule has 1 heterocycles. The van der Waals surface area contributed by atoms with Crippen molar-refractivity contribution in [1.29, 1.82) is 0 Å². The number of hydrogen-bond acceptors (Lipinski definition) is 1. The largest absolute Gasteiger partial charge is 0.380 e. The van der Waals surface area contributed by atoms with E-state index in [1.807, 2.05) is 0 Å². The fraction of sp³-hybridized carbons (Fsp3) is 1.00. The van der Waals surface area contributed by atoms with Crippen LogP contribution in [0, 0.1) is 11.3 Å². The normalized spacial score (nSPS) is 24.3. The summed E-state index contributed by atoms with van der Waals surface area (Å²) in [4.78, 5) is 0. The summed E-state index contributed by atoms with van der Waals surface area (Å²) in [7, 11) is 0. The average molecular weight is 156 g/mol. The molecule has 0 aliphatic carbocycles. The first kappa shape index (κ1) is 9.05. The maximum Gasteiger partial charge on any atom is 0.0547 e. The molecule has 0 spiro atoms. The average Bonchev–Trinajstić information content (AvgIpc) is 1.95. The first-order chi connectivity index (χ1) is 5.25. The molecule has 66 valence electrons. The van der Waals surface area contributed by atoms with Crippen molar-refractivity contribution in [2.75, 3.05) is 13.2 Å². The lowest BCUT2D eigenvalue weighted by Crippen LogP contribution is -2.47. The highest BCUT2D eigenvalue weighted by atomic mass is 16.5. The van der Waals surface area contributed by atoms with Gasteiger partial charge in [-0.05, 0) is 12.3 Å². The van der Waals surface area contributed by atoms with Crippen molar-refractivity contribution in [3.63, 3.8) is 0 Å². The predicted octanol–water partition coefficient (Wildman–Crippen LogP) is 2.85. The second-order valence-corrected chi connectivity index (χ2v) is 3.91. The first-order valence-electron chi connectivity index (χ1n) is 4.83. The van der Waals surface area contributed by atoms with Crippen LogP contribution >= 0.6 is 0 Å². The molecule has 11 heavy (non-hydrogen) atoms. The van der Waals surface area contributed by atoms with Crippen molar-refractivity contribution in [3.8, 4) is 0 Å². The maximum atomic E-state index is 5.31. The predicted molar refractivity (Wildman–Crippen MR) is 47.6 cm³/mol. The lowest BCUT2D eigenvalue weighted by atomic mass is 9.70. The molecule has 1 aliphatic rings. The molecule has 0 bridgehead atoms. The van der Waals surface area contributed by atoms with E-state index >= 15 is 0 Å². The minimum atomic E-state index is 0.559. The van der Waals surface area contributed by atoms with Gasteiger partial charge in [0.05, 0.1) is 13.2 Å². The highest BCUT2D eigenvalue weighted by molar-refractivity contribution is 4.88. The summed E-state index contributed by atoms with van der Waals surface area (Å²) in [6.07, 6.45) is 3.94. The van der Waals surface area contributed by atoms with E-state index < -0.39 is 0 Å². The molecule has 0 radical (unpaired) electrons. The van der Waals surface area contributed by atoms with E-state index in [1.165, 1.54) is 19.3 Å². The van der Waals surface area contributed by atoms with Crippen LogP contribution in [0.25, 0.3) is 0 Å². The molecule has 0 N–H and O–H groups in total. The molecule has 1 unspecified atom stereocenters. The lowest BCUT2D eigenvalue weighted by molar-refractivity contribution is -0.147. The third-order valence-electron chi connectivity index (χ3n) is 3.18. The first-order valence-corrected chi connectivity index (χ1v) is 4.83. The fourth-order valence-electron chi connectivity index (χ4n) is 1.97. The van der Waals surface area contributed by atoms with Crippen molar-refractivity contribution >= 4 is 0 Å². The van der Waals surface area contributed by atoms with Crippen LogP contribution in [-0.2, 0) is 4.74 Å². The summed E-state index contributed by atoms with van der Waals surface area (Å²) in [5.74, 6) is 0.844. The molecule has 0 aromatic heterocycles. The van der Waals surface area contributed by atoms with Crippen LogP contribution in [0.1, 0.15) is 40.0 Å². The molecule has 1 atom stereocenters. The Hall–Kier alpha value is -0.0400. The van der Waals surface area contributed by atoms with E-state index in [0.717, 1.165) is 19.1 Å². The molecule has 1 heteroatoms. The van der Waals surface area contributed by atoms with Crippen LogP contribution < -0.4 is 0 Å². The SMILES string of the molecule is CCCC1(C(C)CC)COC1. The van der Waals surface area contributed by atoms with Crippen molar-refractivity contribution in [2.24, 2.45) is 11.3 Å². The van der Waals surface area contributed by atoms with Crippen LogP contribution in [0.5, 0.6) is 0 Å². The fourth-order valence-corrected chi connectivity index (χ4v) is 1.97. The minimum absolute atomic E-state index is 0.559. The monoisotopic (exact) mass is 156 g/mol. The van der Waals surface area contributed by atoms with Gasteiger partial charge in [0, 0.05) is 5.41 Å². The molecule has 0 aromatic carbocycles. The Morgan fingerprint density at radius 2 is 2.00 bits per heavy atom. The molecule has 1 nitrogen and oxygen atoms in total. The van der Waals surface area contributed by atoms with Gasteiger partial charge in [0.25, 0.3) is 0 Å². The van der Waals surface area contributed by atoms with Gasteiger partial charge in [0.1, 0.15) is 0 Å². The van der Waals surface area contributed by atoms with Crippen LogP contribution in [0.15, 0.2) is 0 Å². The van der Waals surface area contributed by atoms with Gasteiger partial charge < -0.3 is 4.74 Å². The molecule has 0 saturated carbocycles. The molecule has 0 amide bonds. The van der Waals surface area contributed by atoms with Gasteiger partial charge in [-0.3, -0.25) is 0 Å². The summed E-state index contributed by atoms with van der Waals surface area (Å²) in [6, 6.07) is 0. The zero-order valence-electron chi connectivity index (χ0n) is 8.02. The minimum Gasteiger partial charge on any atom is -0.380 e. The second-order valence-electron chi connectivity index (χ2n) is 3.91. The van der Waals surface area contributed by atoms with E-state index in [-0.39, 0.29) is 0 Å². The van der Waals surface area contributed by atoms with Crippen molar-refractivity contribution in [2.45, 2.75) is 40.0 Å². The number of ether oxygens (including phenoxy) is 1. The topological polar surface area (TPSA) is 9.23 Å². The van der Waals surface area contributed by atoms with E-state index in [0.29, 0.717) is 5.41 Å². The Kier molecular flexibility index (Phi) is 2.94. The Balaban J connectivity index is 2.45. The zero-order chi connectivity index (χ0) is 8.32. The van der Waals surface area contributed by atoms with Gasteiger partial charge in [-0.1, -0.05) is 33.6 Å². The third kappa shape index (κ3) is 1.58. The van der Waals surface area contributed by atoms with Crippen LogP contribution in [0.3, 0.4) is 0 Å². The molecular weight excluding hydrogens is 136 g/mol. The molecule has 1 fully saturated rings. The van der Waals surface area contributed by atoms with E-state index in [2.05, 4.69) is 20.8 Å². The Morgan fingerprint density at radius 3 is 2.27 bits per heavy atom. The smallest absolute Gasteiger partial charge is 0.0547 e. The number of hydrogen-bond donors (Lipinski definition) is 0. The third-order valence-corrected chi connectivity index (χ3v) is 3.18. The molecule has 1 saturated heterocycles. The summed E-state index contributed by atoms with van der Waals surface area (Å²) in [5.41, 5.74) is 0.559. The highest BCUT2D eigenvalue weighted by Gasteiger charge is 2.41. The van der Waals surface area contributed by atoms with Crippen LogP contribution in [0.4, 0.5) is 0 Å².